The average molecular weight is 305 g/mol. The SMILES string of the molecule is Brc1cccc(Cc2nc3ccccc3s2)n1. The van der Waals surface area contributed by atoms with Crippen LogP contribution in [0.15, 0.2) is 47.1 Å². The molecule has 0 spiro atoms. The van der Waals surface area contributed by atoms with Gasteiger partial charge in [0.2, 0.25) is 0 Å². The molecule has 1 aromatic carbocycles. The first-order valence-electron chi connectivity index (χ1n) is 5.27. The highest BCUT2D eigenvalue weighted by Gasteiger charge is 2.05. The van der Waals surface area contributed by atoms with E-state index in [1.807, 2.05) is 36.4 Å². The summed E-state index contributed by atoms with van der Waals surface area (Å²) in [6.45, 7) is 0. The molecule has 84 valence electrons. The number of nitrogens with zero attached hydrogens (tertiary/aromatic N) is 2. The minimum Gasteiger partial charge on any atom is -0.246 e. The van der Waals surface area contributed by atoms with Crippen LogP contribution < -0.4 is 0 Å². The molecule has 0 radical (unpaired) electrons. The van der Waals surface area contributed by atoms with Crippen LogP contribution in [0.3, 0.4) is 0 Å². The Morgan fingerprint density at radius 3 is 2.71 bits per heavy atom. The largest absolute Gasteiger partial charge is 0.246 e. The molecule has 2 aromatic heterocycles. The first-order chi connectivity index (χ1) is 8.31. The third kappa shape index (κ3) is 2.37. The van der Waals surface area contributed by atoms with Crippen LogP contribution in [0.4, 0.5) is 0 Å². The molecule has 2 nitrogen and oxygen atoms in total. The number of aromatic nitrogens is 2. The molecule has 0 atom stereocenters. The van der Waals surface area contributed by atoms with E-state index in [1.54, 1.807) is 11.3 Å². The molecule has 0 aliphatic carbocycles. The maximum absolute atomic E-state index is 4.60. The summed E-state index contributed by atoms with van der Waals surface area (Å²) in [6.07, 6.45) is 0.790. The summed E-state index contributed by atoms with van der Waals surface area (Å²) in [7, 11) is 0. The second-order valence-electron chi connectivity index (χ2n) is 3.70. The van der Waals surface area contributed by atoms with E-state index in [1.165, 1.54) is 4.70 Å². The molecule has 3 aromatic rings. The van der Waals surface area contributed by atoms with Gasteiger partial charge in [-0.2, -0.15) is 0 Å². The van der Waals surface area contributed by atoms with Gasteiger partial charge in [0.1, 0.15) is 4.60 Å². The molecule has 3 rings (SSSR count). The monoisotopic (exact) mass is 304 g/mol. The van der Waals surface area contributed by atoms with Gasteiger partial charge in [0.15, 0.2) is 0 Å². The number of fused-ring (bicyclic) bond motifs is 1. The summed E-state index contributed by atoms with van der Waals surface area (Å²) in [6, 6.07) is 14.2. The lowest BCUT2D eigenvalue weighted by atomic mass is 10.3. The van der Waals surface area contributed by atoms with Crippen LogP contribution in [0, 0.1) is 0 Å². The number of thiazole rings is 1. The molecule has 0 bridgehead atoms. The van der Waals surface area contributed by atoms with Crippen LogP contribution in [-0.4, -0.2) is 9.97 Å². The van der Waals surface area contributed by atoms with Crippen molar-refractivity contribution in [3.63, 3.8) is 0 Å². The lowest BCUT2D eigenvalue weighted by molar-refractivity contribution is 1.04. The van der Waals surface area contributed by atoms with Gasteiger partial charge in [0.05, 0.1) is 15.2 Å². The van der Waals surface area contributed by atoms with Crippen molar-refractivity contribution in [2.45, 2.75) is 6.42 Å². The van der Waals surface area contributed by atoms with Crippen molar-refractivity contribution in [2.24, 2.45) is 0 Å². The van der Waals surface area contributed by atoms with Crippen molar-refractivity contribution in [2.75, 3.05) is 0 Å². The maximum atomic E-state index is 4.60. The highest BCUT2D eigenvalue weighted by molar-refractivity contribution is 9.10. The Bertz CT molecular complexity index is 630. The van der Waals surface area contributed by atoms with Gasteiger partial charge in [-0.1, -0.05) is 18.2 Å². The quantitative estimate of drug-likeness (QED) is 0.668. The van der Waals surface area contributed by atoms with E-state index in [4.69, 9.17) is 0 Å². The molecule has 0 unspecified atom stereocenters. The topological polar surface area (TPSA) is 25.8 Å². The third-order valence-corrected chi connectivity index (χ3v) is 3.92. The lowest BCUT2D eigenvalue weighted by Crippen LogP contribution is -1.91. The Morgan fingerprint density at radius 2 is 1.88 bits per heavy atom. The molecule has 0 aliphatic rings. The first kappa shape index (κ1) is 10.9. The predicted octanol–water partition coefficient (Wildman–Crippen LogP) is 4.04. The second kappa shape index (κ2) is 4.55. The fraction of sp³-hybridized carbons (Fsp3) is 0.0769. The summed E-state index contributed by atoms with van der Waals surface area (Å²) in [4.78, 5) is 9.02. The standard InChI is InChI=1S/C13H9BrN2S/c14-12-7-3-4-9(15-12)8-13-16-10-5-1-2-6-11(10)17-13/h1-7H,8H2. The van der Waals surface area contributed by atoms with E-state index in [0.29, 0.717) is 0 Å². The van der Waals surface area contributed by atoms with Crippen molar-refractivity contribution in [1.29, 1.82) is 0 Å². The van der Waals surface area contributed by atoms with E-state index in [-0.39, 0.29) is 0 Å². The number of hydrogen-bond acceptors (Lipinski definition) is 3. The Hall–Kier alpha value is -1.26. The zero-order valence-electron chi connectivity index (χ0n) is 8.93. The van der Waals surface area contributed by atoms with Gasteiger partial charge in [-0.25, -0.2) is 9.97 Å². The van der Waals surface area contributed by atoms with Gasteiger partial charge < -0.3 is 0 Å². The smallest absolute Gasteiger partial charge is 0.106 e. The van der Waals surface area contributed by atoms with Gasteiger partial charge >= 0.3 is 0 Å². The Balaban J connectivity index is 1.94. The highest BCUT2D eigenvalue weighted by Crippen LogP contribution is 2.23. The van der Waals surface area contributed by atoms with Gasteiger partial charge in [0.25, 0.3) is 0 Å². The van der Waals surface area contributed by atoms with Gasteiger partial charge in [0, 0.05) is 12.1 Å². The lowest BCUT2D eigenvalue weighted by Gasteiger charge is -1.96. The average Bonchev–Trinajstić information content (AvgIpc) is 2.71. The summed E-state index contributed by atoms with van der Waals surface area (Å²) in [5.41, 5.74) is 2.11. The zero-order valence-corrected chi connectivity index (χ0v) is 11.3. The normalized spacial score (nSPS) is 10.9. The Morgan fingerprint density at radius 1 is 1.00 bits per heavy atom. The van der Waals surface area contributed by atoms with Gasteiger partial charge in [-0.3, -0.25) is 0 Å². The maximum Gasteiger partial charge on any atom is 0.106 e. The number of rotatable bonds is 2. The highest BCUT2D eigenvalue weighted by atomic mass is 79.9. The van der Waals surface area contributed by atoms with Gasteiger partial charge in [-0.15, -0.1) is 11.3 Å². The first-order valence-corrected chi connectivity index (χ1v) is 6.88. The molecule has 17 heavy (non-hydrogen) atoms. The van der Waals surface area contributed by atoms with Crippen molar-refractivity contribution < 1.29 is 0 Å². The number of hydrogen-bond donors (Lipinski definition) is 0. The Labute approximate surface area is 111 Å². The number of halogens is 1. The second-order valence-corrected chi connectivity index (χ2v) is 5.63. The van der Waals surface area contributed by atoms with Crippen LogP contribution >= 0.6 is 27.3 Å². The molecule has 0 saturated heterocycles. The number of benzene rings is 1. The minimum absolute atomic E-state index is 0.790. The molecular formula is C13H9BrN2S. The van der Waals surface area contributed by atoms with Crippen LogP contribution in [-0.2, 0) is 6.42 Å². The zero-order chi connectivity index (χ0) is 11.7. The Kier molecular flexibility index (Phi) is 2.91. The minimum atomic E-state index is 0.790. The molecule has 0 aliphatic heterocycles. The van der Waals surface area contributed by atoms with Crippen molar-refractivity contribution >= 4 is 37.5 Å². The van der Waals surface area contributed by atoms with Gasteiger partial charge in [-0.05, 0) is 40.2 Å². The van der Waals surface area contributed by atoms with Crippen LogP contribution in [0.1, 0.15) is 10.7 Å². The molecule has 0 fully saturated rings. The molecule has 0 amide bonds. The van der Waals surface area contributed by atoms with Crippen molar-refractivity contribution in [3.8, 4) is 0 Å². The summed E-state index contributed by atoms with van der Waals surface area (Å²) in [5, 5.41) is 1.11. The fourth-order valence-corrected chi connectivity index (χ4v) is 3.06. The molecule has 2 heterocycles. The summed E-state index contributed by atoms with van der Waals surface area (Å²) < 4.78 is 2.11. The van der Waals surface area contributed by atoms with E-state index in [2.05, 4.69) is 32.0 Å². The summed E-state index contributed by atoms with van der Waals surface area (Å²) in [5.74, 6) is 0. The van der Waals surface area contributed by atoms with Crippen molar-refractivity contribution in [3.05, 3.63) is 57.8 Å². The molecule has 0 saturated carbocycles. The molecular weight excluding hydrogens is 296 g/mol. The van der Waals surface area contributed by atoms with E-state index >= 15 is 0 Å². The third-order valence-electron chi connectivity index (χ3n) is 2.44. The fourth-order valence-electron chi connectivity index (χ4n) is 1.70. The van der Waals surface area contributed by atoms with Crippen LogP contribution in [0.2, 0.25) is 0 Å². The van der Waals surface area contributed by atoms with Crippen molar-refractivity contribution in [1.82, 2.24) is 9.97 Å². The van der Waals surface area contributed by atoms with E-state index < -0.39 is 0 Å². The summed E-state index contributed by atoms with van der Waals surface area (Å²) >= 11 is 5.11. The predicted molar refractivity (Wildman–Crippen MR) is 74.4 cm³/mol. The number of pyridine rings is 1. The van der Waals surface area contributed by atoms with Crippen LogP contribution in [0.5, 0.6) is 0 Å². The number of para-hydroxylation sites is 1. The van der Waals surface area contributed by atoms with E-state index in [9.17, 15) is 0 Å². The molecule has 4 heteroatoms. The van der Waals surface area contributed by atoms with E-state index in [0.717, 1.165) is 27.2 Å². The molecule has 0 N–H and O–H groups in total. The van der Waals surface area contributed by atoms with Crippen LogP contribution in [0.25, 0.3) is 10.2 Å².